The molecule has 9 heteroatoms. The summed E-state index contributed by atoms with van der Waals surface area (Å²) in [5.74, 6) is 0. The second kappa shape index (κ2) is 9.63. The predicted molar refractivity (Wildman–Crippen MR) is 103 cm³/mol. The highest BCUT2D eigenvalue weighted by atomic mass is 35.5. The molecule has 0 aromatic heterocycles. The fraction of sp³-hybridized carbons (Fsp3) is 0.294. The fourth-order valence-electron chi connectivity index (χ4n) is 2.43. The van der Waals surface area contributed by atoms with E-state index in [-0.39, 0.29) is 36.1 Å². The minimum absolute atomic E-state index is 0. The molecule has 0 aliphatic rings. The van der Waals surface area contributed by atoms with Crippen LogP contribution in [0.4, 0.5) is 5.69 Å². The van der Waals surface area contributed by atoms with Crippen molar-refractivity contribution in [2.24, 2.45) is 5.73 Å². The number of hydrogen-bond acceptors (Lipinski definition) is 5. The molecule has 0 bridgehead atoms. The Morgan fingerprint density at radius 1 is 1.15 bits per heavy atom. The van der Waals surface area contributed by atoms with Crippen molar-refractivity contribution in [3.05, 3.63) is 69.8 Å². The first-order valence-electron chi connectivity index (χ1n) is 7.85. The number of nitrogens with two attached hydrogens (primary N) is 1. The molecule has 0 atom stereocenters. The number of nitro benzene ring substituents is 1. The zero-order valence-corrected chi connectivity index (χ0v) is 16.0. The normalized spacial score (nSPS) is 11.2. The molecular weight excluding hydrogens is 378 g/mol. The van der Waals surface area contributed by atoms with E-state index in [0.29, 0.717) is 18.5 Å². The maximum absolute atomic E-state index is 13.0. The van der Waals surface area contributed by atoms with Gasteiger partial charge in [-0.2, -0.15) is 4.31 Å². The first-order valence-corrected chi connectivity index (χ1v) is 9.29. The molecule has 0 heterocycles. The Balaban J connectivity index is 0.00000338. The lowest BCUT2D eigenvalue weighted by atomic mass is 10.2. The number of nitrogens with zero attached hydrogens (tertiary/aromatic N) is 2. The van der Waals surface area contributed by atoms with E-state index in [1.54, 1.807) is 6.92 Å². The molecule has 0 unspecified atom stereocenters. The Morgan fingerprint density at radius 2 is 1.81 bits per heavy atom. The summed E-state index contributed by atoms with van der Waals surface area (Å²) < 4.78 is 27.3. The van der Waals surface area contributed by atoms with E-state index in [1.807, 2.05) is 30.3 Å². The number of benzene rings is 2. The van der Waals surface area contributed by atoms with Crippen molar-refractivity contribution in [2.75, 3.05) is 13.1 Å². The molecule has 2 rings (SSSR count). The Bertz CT molecular complexity index is 844. The molecule has 0 fully saturated rings. The van der Waals surface area contributed by atoms with Crippen LogP contribution in [0.3, 0.4) is 0 Å². The van der Waals surface area contributed by atoms with Crippen LogP contribution in [0.25, 0.3) is 0 Å². The Hall–Kier alpha value is -2.00. The highest BCUT2D eigenvalue weighted by Crippen LogP contribution is 2.25. The second-order valence-corrected chi connectivity index (χ2v) is 7.61. The molecule has 0 saturated heterocycles. The van der Waals surface area contributed by atoms with Crippen LogP contribution in [0, 0.1) is 17.0 Å². The highest BCUT2D eigenvalue weighted by molar-refractivity contribution is 7.89. The quantitative estimate of drug-likeness (QED) is 0.542. The minimum Gasteiger partial charge on any atom is -0.330 e. The molecule has 2 aromatic carbocycles. The van der Waals surface area contributed by atoms with Crippen LogP contribution < -0.4 is 5.73 Å². The standard InChI is InChI=1S/C17H21N3O4S.ClH/c1-14-8-9-16(12-17(14)20(21)22)25(23,24)19(11-5-10-18)13-15-6-3-2-4-7-15;/h2-4,6-9,12H,5,10-11,13,18H2,1H3;1H. The van der Waals surface area contributed by atoms with Gasteiger partial charge in [-0.3, -0.25) is 10.1 Å². The number of hydrogen-bond donors (Lipinski definition) is 1. The lowest BCUT2D eigenvalue weighted by molar-refractivity contribution is -0.385. The van der Waals surface area contributed by atoms with Crippen molar-refractivity contribution in [1.29, 1.82) is 0 Å². The van der Waals surface area contributed by atoms with Crippen molar-refractivity contribution in [3.8, 4) is 0 Å². The van der Waals surface area contributed by atoms with Gasteiger partial charge in [0.05, 0.1) is 9.82 Å². The molecule has 0 amide bonds. The fourth-order valence-corrected chi connectivity index (χ4v) is 3.92. The summed E-state index contributed by atoms with van der Waals surface area (Å²) in [4.78, 5) is 10.5. The smallest absolute Gasteiger partial charge is 0.273 e. The number of sulfonamides is 1. The average molecular weight is 400 g/mol. The summed E-state index contributed by atoms with van der Waals surface area (Å²) in [5.41, 5.74) is 6.57. The van der Waals surface area contributed by atoms with Gasteiger partial charge in [0.1, 0.15) is 0 Å². The zero-order chi connectivity index (χ0) is 18.4. The van der Waals surface area contributed by atoms with Crippen molar-refractivity contribution in [3.63, 3.8) is 0 Å². The summed E-state index contributed by atoms with van der Waals surface area (Å²) in [7, 11) is -3.87. The van der Waals surface area contributed by atoms with Crippen molar-refractivity contribution in [2.45, 2.75) is 24.8 Å². The molecule has 142 valence electrons. The Morgan fingerprint density at radius 3 is 2.38 bits per heavy atom. The van der Waals surface area contributed by atoms with Crippen molar-refractivity contribution in [1.82, 2.24) is 4.31 Å². The van der Waals surface area contributed by atoms with Crippen LogP contribution in [-0.2, 0) is 16.6 Å². The van der Waals surface area contributed by atoms with Gasteiger partial charge in [0.2, 0.25) is 10.0 Å². The number of aryl methyl sites for hydroxylation is 1. The first kappa shape index (κ1) is 22.0. The number of rotatable bonds is 8. The Labute approximate surface area is 159 Å². The van der Waals surface area contributed by atoms with Gasteiger partial charge < -0.3 is 5.73 Å². The summed E-state index contributed by atoms with van der Waals surface area (Å²) >= 11 is 0. The van der Waals surface area contributed by atoms with Gasteiger partial charge >= 0.3 is 0 Å². The molecule has 0 saturated carbocycles. The maximum atomic E-state index is 13.0. The largest absolute Gasteiger partial charge is 0.330 e. The molecule has 7 nitrogen and oxygen atoms in total. The third-order valence-corrected chi connectivity index (χ3v) is 5.67. The summed E-state index contributed by atoms with van der Waals surface area (Å²) in [6.07, 6.45) is 0.500. The van der Waals surface area contributed by atoms with Crippen LogP contribution >= 0.6 is 12.4 Å². The third-order valence-electron chi connectivity index (χ3n) is 3.83. The van der Waals surface area contributed by atoms with E-state index < -0.39 is 14.9 Å². The van der Waals surface area contributed by atoms with Crippen LogP contribution in [0.15, 0.2) is 53.4 Å². The molecule has 2 aromatic rings. The average Bonchev–Trinajstić information content (AvgIpc) is 2.59. The number of nitro groups is 1. The van der Waals surface area contributed by atoms with Gasteiger partial charge in [-0.1, -0.05) is 36.4 Å². The minimum atomic E-state index is -3.87. The van der Waals surface area contributed by atoms with Crippen molar-refractivity contribution >= 4 is 28.1 Å². The molecule has 0 aliphatic heterocycles. The number of halogens is 1. The van der Waals surface area contributed by atoms with E-state index in [4.69, 9.17) is 5.73 Å². The van der Waals surface area contributed by atoms with E-state index in [1.165, 1.54) is 16.4 Å². The van der Waals surface area contributed by atoms with Crippen LogP contribution in [0.1, 0.15) is 17.5 Å². The lowest BCUT2D eigenvalue weighted by Crippen LogP contribution is -2.32. The van der Waals surface area contributed by atoms with E-state index >= 15 is 0 Å². The molecule has 26 heavy (non-hydrogen) atoms. The summed E-state index contributed by atoms with van der Waals surface area (Å²) in [6, 6.07) is 13.2. The van der Waals surface area contributed by atoms with Gasteiger partial charge in [0.25, 0.3) is 5.69 Å². The maximum Gasteiger partial charge on any atom is 0.273 e. The highest BCUT2D eigenvalue weighted by Gasteiger charge is 2.26. The van der Waals surface area contributed by atoms with Crippen LogP contribution in [0.2, 0.25) is 0 Å². The van der Waals surface area contributed by atoms with Crippen LogP contribution in [0.5, 0.6) is 0 Å². The third kappa shape index (κ3) is 5.25. The molecule has 2 N–H and O–H groups in total. The topological polar surface area (TPSA) is 107 Å². The lowest BCUT2D eigenvalue weighted by Gasteiger charge is -2.22. The van der Waals surface area contributed by atoms with Gasteiger partial charge in [-0.05, 0) is 31.5 Å². The van der Waals surface area contributed by atoms with E-state index in [9.17, 15) is 18.5 Å². The van der Waals surface area contributed by atoms with Crippen LogP contribution in [-0.4, -0.2) is 30.7 Å². The molecule has 0 spiro atoms. The monoisotopic (exact) mass is 399 g/mol. The summed E-state index contributed by atoms with van der Waals surface area (Å²) in [5, 5.41) is 11.1. The first-order chi connectivity index (χ1) is 11.9. The van der Waals surface area contributed by atoms with E-state index in [2.05, 4.69) is 0 Å². The second-order valence-electron chi connectivity index (χ2n) is 5.67. The summed E-state index contributed by atoms with van der Waals surface area (Å²) in [6.45, 7) is 2.36. The van der Waals surface area contributed by atoms with Gasteiger partial charge in [-0.25, -0.2) is 8.42 Å². The zero-order valence-electron chi connectivity index (χ0n) is 14.4. The van der Waals surface area contributed by atoms with Gasteiger partial charge in [0, 0.05) is 24.7 Å². The predicted octanol–water partition coefficient (Wildman–Crippen LogP) is 2.86. The SMILES string of the molecule is Cc1ccc(S(=O)(=O)N(CCCN)Cc2ccccc2)cc1[N+](=O)[O-].Cl. The van der Waals surface area contributed by atoms with E-state index in [0.717, 1.165) is 11.6 Å². The molecular formula is C17H22ClN3O4S. The molecule has 0 aliphatic carbocycles. The Kier molecular flexibility index (Phi) is 8.16. The van der Waals surface area contributed by atoms with Crippen molar-refractivity contribution < 1.29 is 13.3 Å². The van der Waals surface area contributed by atoms with Gasteiger partial charge in [-0.15, -0.1) is 12.4 Å². The van der Waals surface area contributed by atoms with Gasteiger partial charge in [0.15, 0.2) is 0 Å². The molecule has 0 radical (unpaired) electrons.